The number of carbonyl (C=O) groups excluding carboxylic acids is 1. The molecule has 1 aromatic carbocycles. The van der Waals surface area contributed by atoms with E-state index >= 15 is 0 Å². The lowest BCUT2D eigenvalue weighted by molar-refractivity contribution is -0.128. The molecule has 0 spiro atoms. The number of hydrogen-bond acceptors (Lipinski definition) is 5. The van der Waals surface area contributed by atoms with Gasteiger partial charge in [0.25, 0.3) is 5.91 Å². The van der Waals surface area contributed by atoms with Crippen LogP contribution in [0, 0.1) is 0 Å². The highest BCUT2D eigenvalue weighted by Crippen LogP contribution is 2.27. The molecule has 0 unspecified atom stereocenters. The number of piperidine rings is 1. The largest absolute Gasteiger partial charge is 0.488 e. The van der Waals surface area contributed by atoms with Crippen LogP contribution in [0.5, 0.6) is 5.75 Å². The normalized spacial score (nSPS) is 17.8. The number of likely N-dealkylation sites (tertiary alicyclic amines) is 1. The van der Waals surface area contributed by atoms with Crippen molar-refractivity contribution in [2.75, 3.05) is 19.7 Å². The number of nitrogens with one attached hydrogen (secondary N) is 1. The van der Waals surface area contributed by atoms with Gasteiger partial charge in [-0.15, -0.1) is 11.3 Å². The molecule has 0 atom stereocenters. The first-order valence-electron chi connectivity index (χ1n) is 8.80. The summed E-state index contributed by atoms with van der Waals surface area (Å²) in [6, 6.07) is 10.8. The van der Waals surface area contributed by atoms with E-state index in [9.17, 15) is 13.2 Å². The fraction of sp³-hybridized carbons (Fsp3) is 0.316. The maximum Gasteiger partial charge on any atom is 0.253 e. The SMILES string of the molecule is O=C(C1=Cc2ccccc2OC1)N1CCC(NS(=O)(=O)c2cccs2)CC1. The van der Waals surface area contributed by atoms with Crippen molar-refractivity contribution in [3.05, 3.63) is 52.9 Å². The molecule has 0 radical (unpaired) electrons. The van der Waals surface area contributed by atoms with Gasteiger partial charge in [0, 0.05) is 24.7 Å². The van der Waals surface area contributed by atoms with E-state index < -0.39 is 10.0 Å². The van der Waals surface area contributed by atoms with Crippen LogP contribution in [0.25, 0.3) is 6.08 Å². The number of para-hydroxylation sites is 1. The van der Waals surface area contributed by atoms with E-state index in [1.807, 2.05) is 30.3 Å². The third-order valence-electron chi connectivity index (χ3n) is 4.77. The number of benzene rings is 1. The summed E-state index contributed by atoms with van der Waals surface area (Å²) in [6.45, 7) is 1.31. The van der Waals surface area contributed by atoms with Crippen molar-refractivity contribution < 1.29 is 17.9 Å². The van der Waals surface area contributed by atoms with E-state index in [0.29, 0.717) is 35.7 Å². The fourth-order valence-electron chi connectivity index (χ4n) is 3.34. The Balaban J connectivity index is 1.37. The molecular weight excluding hydrogens is 384 g/mol. The molecule has 1 aromatic heterocycles. The van der Waals surface area contributed by atoms with Gasteiger partial charge in [-0.25, -0.2) is 13.1 Å². The minimum atomic E-state index is -3.47. The lowest BCUT2D eigenvalue weighted by Crippen LogP contribution is -2.47. The zero-order valence-electron chi connectivity index (χ0n) is 14.6. The van der Waals surface area contributed by atoms with Gasteiger partial charge in [-0.3, -0.25) is 4.79 Å². The Morgan fingerprint density at radius 1 is 1.15 bits per heavy atom. The molecule has 1 amide bonds. The van der Waals surface area contributed by atoms with Crippen molar-refractivity contribution in [1.29, 1.82) is 0 Å². The number of ether oxygens (including phenoxy) is 1. The smallest absolute Gasteiger partial charge is 0.253 e. The van der Waals surface area contributed by atoms with Crippen molar-refractivity contribution in [2.45, 2.75) is 23.1 Å². The molecular formula is C19H20N2O4S2. The summed E-state index contributed by atoms with van der Waals surface area (Å²) >= 11 is 1.20. The highest BCUT2D eigenvalue weighted by Gasteiger charge is 2.29. The summed E-state index contributed by atoms with van der Waals surface area (Å²) in [5.74, 6) is 0.750. The van der Waals surface area contributed by atoms with Gasteiger partial charge in [-0.2, -0.15) is 0 Å². The van der Waals surface area contributed by atoms with Crippen LogP contribution >= 0.6 is 11.3 Å². The van der Waals surface area contributed by atoms with Crippen LogP contribution in [-0.2, 0) is 14.8 Å². The first-order chi connectivity index (χ1) is 13.0. The fourth-order valence-corrected chi connectivity index (χ4v) is 5.65. The summed E-state index contributed by atoms with van der Waals surface area (Å²) in [4.78, 5) is 14.6. The van der Waals surface area contributed by atoms with E-state index in [2.05, 4.69) is 4.72 Å². The molecule has 1 saturated heterocycles. The molecule has 8 heteroatoms. The molecule has 0 bridgehead atoms. The monoisotopic (exact) mass is 404 g/mol. The number of amides is 1. The number of fused-ring (bicyclic) bond motifs is 1. The van der Waals surface area contributed by atoms with E-state index in [0.717, 1.165) is 11.3 Å². The lowest BCUT2D eigenvalue weighted by atomic mass is 10.0. The van der Waals surface area contributed by atoms with Crippen molar-refractivity contribution in [3.8, 4) is 5.75 Å². The molecule has 1 N–H and O–H groups in total. The van der Waals surface area contributed by atoms with Gasteiger partial charge in [0.2, 0.25) is 10.0 Å². The molecule has 3 heterocycles. The first kappa shape index (κ1) is 18.2. The number of thiophene rings is 1. The molecule has 0 aliphatic carbocycles. The maximum absolute atomic E-state index is 12.8. The molecule has 27 heavy (non-hydrogen) atoms. The Hall–Kier alpha value is -2.16. The van der Waals surface area contributed by atoms with Crippen LogP contribution in [0.15, 0.2) is 51.6 Å². The van der Waals surface area contributed by atoms with Crippen molar-refractivity contribution in [2.24, 2.45) is 0 Å². The minimum absolute atomic E-state index is 0.0379. The standard InChI is InChI=1S/C19H20N2O4S2/c22-19(15-12-14-4-1-2-5-17(14)25-13-15)21-9-7-16(8-10-21)20-27(23,24)18-6-3-11-26-18/h1-6,11-12,16,20H,7-10,13H2. The second kappa shape index (κ2) is 7.46. The second-order valence-corrected chi connectivity index (χ2v) is 9.50. The summed E-state index contributed by atoms with van der Waals surface area (Å²) in [5, 5.41) is 1.74. The van der Waals surface area contributed by atoms with Crippen molar-refractivity contribution >= 4 is 33.3 Å². The maximum atomic E-state index is 12.8. The van der Waals surface area contributed by atoms with Crippen LogP contribution in [0.3, 0.4) is 0 Å². The van der Waals surface area contributed by atoms with Gasteiger partial charge < -0.3 is 9.64 Å². The average molecular weight is 405 g/mol. The van der Waals surface area contributed by atoms with E-state index in [1.165, 1.54) is 11.3 Å². The number of sulfonamides is 1. The predicted molar refractivity (Wildman–Crippen MR) is 104 cm³/mol. The summed E-state index contributed by atoms with van der Waals surface area (Å²) in [5.41, 5.74) is 1.54. The Morgan fingerprint density at radius 2 is 1.93 bits per heavy atom. The van der Waals surface area contributed by atoms with Crippen molar-refractivity contribution in [1.82, 2.24) is 9.62 Å². The molecule has 1 fully saturated rings. The number of hydrogen-bond donors (Lipinski definition) is 1. The Labute approximate surface area is 162 Å². The molecule has 6 nitrogen and oxygen atoms in total. The van der Waals surface area contributed by atoms with Gasteiger partial charge in [-0.05, 0) is 36.4 Å². The second-order valence-electron chi connectivity index (χ2n) is 6.62. The summed E-state index contributed by atoms with van der Waals surface area (Å²) in [7, 11) is -3.47. The minimum Gasteiger partial charge on any atom is -0.488 e. The number of carbonyl (C=O) groups is 1. The first-order valence-corrected chi connectivity index (χ1v) is 11.2. The summed E-state index contributed by atoms with van der Waals surface area (Å²) < 4.78 is 33.4. The molecule has 2 aromatic rings. The van der Waals surface area contributed by atoms with Gasteiger partial charge in [0.1, 0.15) is 16.6 Å². The van der Waals surface area contributed by atoms with Crippen LogP contribution in [-0.4, -0.2) is 45.0 Å². The third kappa shape index (κ3) is 3.92. The lowest BCUT2D eigenvalue weighted by Gasteiger charge is -2.33. The summed E-state index contributed by atoms with van der Waals surface area (Å²) in [6.07, 6.45) is 3.08. The zero-order chi connectivity index (χ0) is 18.9. The highest BCUT2D eigenvalue weighted by molar-refractivity contribution is 7.91. The Bertz CT molecular complexity index is 959. The topological polar surface area (TPSA) is 75.7 Å². The number of rotatable bonds is 4. The van der Waals surface area contributed by atoms with E-state index in [-0.39, 0.29) is 18.6 Å². The van der Waals surface area contributed by atoms with Crippen LogP contribution in [0.1, 0.15) is 18.4 Å². The van der Waals surface area contributed by atoms with Gasteiger partial charge >= 0.3 is 0 Å². The molecule has 4 rings (SSSR count). The van der Waals surface area contributed by atoms with E-state index in [1.54, 1.807) is 22.4 Å². The molecule has 0 saturated carbocycles. The van der Waals surface area contributed by atoms with Crippen molar-refractivity contribution in [3.63, 3.8) is 0 Å². The van der Waals surface area contributed by atoms with Crippen LogP contribution < -0.4 is 9.46 Å². The van der Waals surface area contributed by atoms with Crippen LogP contribution in [0.2, 0.25) is 0 Å². The zero-order valence-corrected chi connectivity index (χ0v) is 16.3. The third-order valence-corrected chi connectivity index (χ3v) is 7.69. The van der Waals surface area contributed by atoms with Gasteiger partial charge in [0.05, 0.1) is 5.57 Å². The van der Waals surface area contributed by atoms with E-state index in [4.69, 9.17) is 4.74 Å². The molecule has 2 aliphatic rings. The molecule has 2 aliphatic heterocycles. The van der Waals surface area contributed by atoms with Crippen LogP contribution in [0.4, 0.5) is 0 Å². The number of nitrogens with zero attached hydrogens (tertiary/aromatic N) is 1. The Morgan fingerprint density at radius 3 is 2.67 bits per heavy atom. The van der Waals surface area contributed by atoms with Gasteiger partial charge in [-0.1, -0.05) is 24.3 Å². The highest BCUT2D eigenvalue weighted by atomic mass is 32.2. The average Bonchev–Trinajstić information content (AvgIpc) is 3.23. The van der Waals surface area contributed by atoms with Gasteiger partial charge in [0.15, 0.2) is 0 Å². The quantitative estimate of drug-likeness (QED) is 0.850. The molecule has 142 valence electrons. The Kier molecular flexibility index (Phi) is 5.03. The predicted octanol–water partition coefficient (Wildman–Crippen LogP) is 2.49.